The standard InChI is InChI=1S/C13H25N3O/c1-2-6-15-13(17)9-16-7-10-4-3-5-12(14)11(10)8-16/h10-12H,2-9,14H2,1H3,(H,15,17). The smallest absolute Gasteiger partial charge is 0.234 e. The molecule has 2 fully saturated rings. The molecule has 4 heteroatoms. The molecular formula is C13H25N3O. The quantitative estimate of drug-likeness (QED) is 0.754. The lowest BCUT2D eigenvalue weighted by atomic mass is 9.78. The van der Waals surface area contributed by atoms with Crippen LogP contribution >= 0.6 is 0 Å². The van der Waals surface area contributed by atoms with Gasteiger partial charge in [-0.3, -0.25) is 9.69 Å². The van der Waals surface area contributed by atoms with Crippen molar-refractivity contribution in [1.29, 1.82) is 0 Å². The van der Waals surface area contributed by atoms with Crippen molar-refractivity contribution in [1.82, 2.24) is 10.2 Å². The van der Waals surface area contributed by atoms with E-state index >= 15 is 0 Å². The average molecular weight is 239 g/mol. The van der Waals surface area contributed by atoms with Gasteiger partial charge in [-0.1, -0.05) is 13.3 Å². The lowest BCUT2D eigenvalue weighted by molar-refractivity contribution is -0.122. The maximum atomic E-state index is 11.7. The first kappa shape index (κ1) is 12.8. The molecule has 3 unspecified atom stereocenters. The van der Waals surface area contributed by atoms with E-state index in [0.717, 1.165) is 38.4 Å². The van der Waals surface area contributed by atoms with E-state index in [-0.39, 0.29) is 5.91 Å². The third kappa shape index (κ3) is 3.19. The van der Waals surface area contributed by atoms with Crippen LogP contribution in [0.3, 0.4) is 0 Å². The fraction of sp³-hybridized carbons (Fsp3) is 0.923. The Morgan fingerprint density at radius 1 is 1.41 bits per heavy atom. The van der Waals surface area contributed by atoms with Crippen molar-refractivity contribution < 1.29 is 4.79 Å². The van der Waals surface area contributed by atoms with Crippen LogP contribution in [0.15, 0.2) is 0 Å². The molecule has 17 heavy (non-hydrogen) atoms. The summed E-state index contributed by atoms with van der Waals surface area (Å²) < 4.78 is 0. The fourth-order valence-electron chi connectivity index (χ4n) is 3.26. The molecule has 2 rings (SSSR count). The van der Waals surface area contributed by atoms with Gasteiger partial charge in [-0.15, -0.1) is 0 Å². The highest BCUT2D eigenvalue weighted by Gasteiger charge is 2.38. The van der Waals surface area contributed by atoms with Crippen molar-refractivity contribution in [3.8, 4) is 0 Å². The summed E-state index contributed by atoms with van der Waals surface area (Å²) in [4.78, 5) is 13.9. The summed E-state index contributed by atoms with van der Waals surface area (Å²) in [5.41, 5.74) is 6.17. The van der Waals surface area contributed by atoms with Gasteiger partial charge in [-0.25, -0.2) is 0 Å². The number of carbonyl (C=O) groups excluding carboxylic acids is 1. The van der Waals surface area contributed by atoms with Crippen LogP contribution in [0.1, 0.15) is 32.6 Å². The molecule has 1 aliphatic heterocycles. The van der Waals surface area contributed by atoms with Gasteiger partial charge in [0, 0.05) is 25.7 Å². The molecule has 3 atom stereocenters. The number of hydrogen-bond acceptors (Lipinski definition) is 3. The third-order valence-corrected chi connectivity index (χ3v) is 4.17. The zero-order chi connectivity index (χ0) is 12.3. The molecule has 0 aromatic rings. The topological polar surface area (TPSA) is 58.4 Å². The van der Waals surface area contributed by atoms with Crippen LogP contribution in [0.4, 0.5) is 0 Å². The number of nitrogens with zero attached hydrogens (tertiary/aromatic N) is 1. The summed E-state index contributed by atoms with van der Waals surface area (Å²) in [6.07, 6.45) is 4.72. The second kappa shape index (κ2) is 5.83. The van der Waals surface area contributed by atoms with Crippen molar-refractivity contribution >= 4 is 5.91 Å². The fourth-order valence-corrected chi connectivity index (χ4v) is 3.26. The van der Waals surface area contributed by atoms with Crippen molar-refractivity contribution in [2.45, 2.75) is 38.6 Å². The summed E-state index contributed by atoms with van der Waals surface area (Å²) >= 11 is 0. The monoisotopic (exact) mass is 239 g/mol. The molecule has 98 valence electrons. The lowest BCUT2D eigenvalue weighted by Gasteiger charge is -2.29. The lowest BCUT2D eigenvalue weighted by Crippen LogP contribution is -2.39. The van der Waals surface area contributed by atoms with Gasteiger partial charge in [0.25, 0.3) is 0 Å². The Balaban J connectivity index is 1.78. The minimum Gasteiger partial charge on any atom is -0.355 e. The van der Waals surface area contributed by atoms with Gasteiger partial charge in [0.1, 0.15) is 0 Å². The number of hydrogen-bond donors (Lipinski definition) is 2. The number of nitrogens with two attached hydrogens (primary N) is 1. The normalized spacial score (nSPS) is 33.4. The van der Waals surface area contributed by atoms with E-state index in [9.17, 15) is 4.79 Å². The third-order valence-electron chi connectivity index (χ3n) is 4.17. The molecule has 1 aliphatic carbocycles. The first-order valence-corrected chi connectivity index (χ1v) is 6.95. The Hall–Kier alpha value is -0.610. The van der Waals surface area contributed by atoms with E-state index in [1.807, 2.05) is 0 Å². The second-order valence-electron chi connectivity index (χ2n) is 5.56. The highest BCUT2D eigenvalue weighted by Crippen LogP contribution is 2.35. The highest BCUT2D eigenvalue weighted by atomic mass is 16.2. The molecule has 4 nitrogen and oxygen atoms in total. The number of fused-ring (bicyclic) bond motifs is 1. The molecule has 1 saturated heterocycles. The summed E-state index contributed by atoms with van der Waals surface area (Å²) in [7, 11) is 0. The molecule has 1 saturated carbocycles. The van der Waals surface area contributed by atoms with Gasteiger partial charge in [-0.2, -0.15) is 0 Å². The van der Waals surface area contributed by atoms with Gasteiger partial charge in [-0.05, 0) is 31.1 Å². The molecule has 0 radical (unpaired) electrons. The van der Waals surface area contributed by atoms with Gasteiger partial charge in [0.15, 0.2) is 0 Å². The SMILES string of the molecule is CCCNC(=O)CN1CC2CCCC(N)C2C1. The highest BCUT2D eigenvalue weighted by molar-refractivity contribution is 5.78. The second-order valence-corrected chi connectivity index (χ2v) is 5.56. The molecular weight excluding hydrogens is 214 g/mol. The Morgan fingerprint density at radius 3 is 2.94 bits per heavy atom. The van der Waals surface area contributed by atoms with Crippen LogP contribution in [-0.4, -0.2) is 43.0 Å². The molecule has 0 spiro atoms. The van der Waals surface area contributed by atoms with E-state index in [1.165, 1.54) is 12.8 Å². The number of rotatable bonds is 4. The molecule has 1 heterocycles. The molecule has 0 aromatic heterocycles. The summed E-state index contributed by atoms with van der Waals surface area (Å²) in [6, 6.07) is 0.359. The minimum atomic E-state index is 0.166. The maximum Gasteiger partial charge on any atom is 0.234 e. The van der Waals surface area contributed by atoms with Crippen LogP contribution in [-0.2, 0) is 4.79 Å². The van der Waals surface area contributed by atoms with E-state index < -0.39 is 0 Å². The summed E-state index contributed by atoms with van der Waals surface area (Å²) in [5.74, 6) is 1.53. The molecule has 0 bridgehead atoms. The largest absolute Gasteiger partial charge is 0.355 e. The zero-order valence-corrected chi connectivity index (χ0v) is 10.8. The van der Waals surface area contributed by atoms with Crippen LogP contribution in [0.25, 0.3) is 0 Å². The first-order valence-electron chi connectivity index (χ1n) is 6.95. The predicted molar refractivity (Wildman–Crippen MR) is 68.5 cm³/mol. The summed E-state index contributed by atoms with van der Waals surface area (Å²) in [6.45, 7) is 5.51. The van der Waals surface area contributed by atoms with Crippen molar-refractivity contribution in [3.63, 3.8) is 0 Å². The van der Waals surface area contributed by atoms with E-state index in [4.69, 9.17) is 5.73 Å². The van der Waals surface area contributed by atoms with Gasteiger partial charge in [0.05, 0.1) is 6.54 Å². The predicted octanol–water partition coefficient (Wildman–Crippen LogP) is 0.572. The Kier molecular flexibility index (Phi) is 4.40. The molecule has 3 N–H and O–H groups in total. The maximum absolute atomic E-state index is 11.7. The van der Waals surface area contributed by atoms with E-state index in [2.05, 4.69) is 17.1 Å². The van der Waals surface area contributed by atoms with Crippen LogP contribution in [0, 0.1) is 11.8 Å². The molecule has 0 aromatic carbocycles. The Labute approximate surface area is 104 Å². The number of carbonyl (C=O) groups is 1. The van der Waals surface area contributed by atoms with Crippen molar-refractivity contribution in [3.05, 3.63) is 0 Å². The van der Waals surface area contributed by atoms with E-state index in [1.54, 1.807) is 0 Å². The van der Waals surface area contributed by atoms with Crippen LogP contribution in [0.5, 0.6) is 0 Å². The zero-order valence-electron chi connectivity index (χ0n) is 10.8. The van der Waals surface area contributed by atoms with Crippen LogP contribution < -0.4 is 11.1 Å². The van der Waals surface area contributed by atoms with Gasteiger partial charge in [0.2, 0.25) is 5.91 Å². The van der Waals surface area contributed by atoms with E-state index in [0.29, 0.717) is 18.5 Å². The Bertz CT molecular complexity index is 269. The molecule has 1 amide bonds. The van der Waals surface area contributed by atoms with Crippen molar-refractivity contribution in [2.75, 3.05) is 26.2 Å². The van der Waals surface area contributed by atoms with Crippen LogP contribution in [0.2, 0.25) is 0 Å². The van der Waals surface area contributed by atoms with Gasteiger partial charge < -0.3 is 11.1 Å². The summed E-state index contributed by atoms with van der Waals surface area (Å²) in [5, 5.41) is 2.94. The van der Waals surface area contributed by atoms with Crippen molar-refractivity contribution in [2.24, 2.45) is 17.6 Å². The minimum absolute atomic E-state index is 0.166. The average Bonchev–Trinajstić information content (AvgIpc) is 2.70. The number of amides is 1. The molecule has 2 aliphatic rings. The van der Waals surface area contributed by atoms with Gasteiger partial charge >= 0.3 is 0 Å². The Morgan fingerprint density at radius 2 is 2.24 bits per heavy atom. The number of nitrogens with one attached hydrogen (secondary N) is 1. The first-order chi connectivity index (χ1) is 8.20. The number of likely N-dealkylation sites (tertiary alicyclic amines) is 1.